The van der Waals surface area contributed by atoms with E-state index in [0.717, 1.165) is 5.56 Å². The first-order chi connectivity index (χ1) is 8.74. The molecule has 0 spiro atoms. The normalized spacial score (nSPS) is 16.5. The van der Waals surface area contributed by atoms with Crippen molar-refractivity contribution in [3.05, 3.63) is 47.5 Å². The molecule has 4 nitrogen and oxygen atoms in total. The van der Waals surface area contributed by atoms with Gasteiger partial charge in [-0.25, -0.2) is 4.79 Å². The smallest absolute Gasteiger partial charge is 0.333 e. The van der Waals surface area contributed by atoms with Gasteiger partial charge < -0.3 is 4.74 Å². The van der Waals surface area contributed by atoms with E-state index in [-0.39, 0.29) is 5.91 Å². The Morgan fingerprint density at radius 3 is 2.72 bits per heavy atom. The minimum atomic E-state index is -0.708. The van der Waals surface area contributed by atoms with Crippen LogP contribution < -0.4 is 0 Å². The van der Waals surface area contributed by atoms with Gasteiger partial charge in [0.05, 0.1) is 12.9 Å². The van der Waals surface area contributed by atoms with E-state index in [9.17, 15) is 9.59 Å². The summed E-state index contributed by atoms with van der Waals surface area (Å²) < 4.78 is 4.79. The molecule has 1 unspecified atom stereocenters. The van der Waals surface area contributed by atoms with Crippen LogP contribution in [0.5, 0.6) is 0 Å². The monoisotopic (exact) mass is 263 g/mol. The van der Waals surface area contributed by atoms with E-state index in [0.29, 0.717) is 5.75 Å². The largest absolute Gasteiger partial charge is 0.467 e. The maximum absolute atomic E-state index is 11.9. The van der Waals surface area contributed by atoms with E-state index < -0.39 is 12.0 Å². The zero-order valence-electron chi connectivity index (χ0n) is 9.91. The number of esters is 1. The Morgan fingerprint density at radius 2 is 2.11 bits per heavy atom. The summed E-state index contributed by atoms with van der Waals surface area (Å²) in [6, 6.07) is 8.44. The number of carbonyl (C=O) groups is 2. The fourth-order valence-electron chi connectivity index (χ4n) is 1.77. The van der Waals surface area contributed by atoms with E-state index in [1.807, 2.05) is 30.3 Å². The van der Waals surface area contributed by atoms with Gasteiger partial charge in [-0.05, 0) is 11.0 Å². The topological polar surface area (TPSA) is 46.6 Å². The Labute approximate surface area is 110 Å². The Morgan fingerprint density at radius 1 is 1.39 bits per heavy atom. The van der Waals surface area contributed by atoms with Gasteiger partial charge in [0, 0.05) is 6.20 Å². The molecule has 1 aromatic carbocycles. The summed E-state index contributed by atoms with van der Waals surface area (Å²) in [5.74, 6) is -0.190. The maximum atomic E-state index is 11.9. The average Bonchev–Trinajstić information content (AvgIpc) is 2.42. The Bertz CT molecular complexity index is 472. The lowest BCUT2D eigenvalue weighted by Gasteiger charge is -2.28. The van der Waals surface area contributed by atoms with E-state index in [2.05, 4.69) is 0 Å². The summed E-state index contributed by atoms with van der Waals surface area (Å²) in [4.78, 5) is 25.2. The number of carbonyl (C=O) groups excluding carboxylic acids is 2. The number of hydrogen-bond donors (Lipinski definition) is 0. The summed E-state index contributed by atoms with van der Waals surface area (Å²) >= 11 is 1.41. The van der Waals surface area contributed by atoms with Crippen LogP contribution in [0.25, 0.3) is 0 Å². The van der Waals surface area contributed by atoms with Crippen molar-refractivity contribution in [2.24, 2.45) is 0 Å². The number of ether oxygens (including phenoxy) is 1. The number of methoxy groups -OCH3 is 1. The Balaban J connectivity index is 2.37. The standard InChI is InChI=1S/C13H13NO3S/c1-17-13(16)12(10-5-3-2-4-6-10)14-7-8-18-9-11(14)15/h2-8,12H,9H2,1H3. The highest BCUT2D eigenvalue weighted by molar-refractivity contribution is 8.02. The predicted molar refractivity (Wildman–Crippen MR) is 69.6 cm³/mol. The molecule has 0 saturated carbocycles. The molecule has 1 amide bonds. The van der Waals surface area contributed by atoms with Crippen LogP contribution in [0.15, 0.2) is 41.9 Å². The van der Waals surface area contributed by atoms with Gasteiger partial charge in [-0.15, -0.1) is 11.8 Å². The molecule has 1 heterocycles. The Hall–Kier alpha value is -1.75. The van der Waals surface area contributed by atoms with Crippen LogP contribution in [0.3, 0.4) is 0 Å². The fraction of sp³-hybridized carbons (Fsp3) is 0.231. The molecule has 0 bridgehead atoms. The van der Waals surface area contributed by atoms with Crippen molar-refractivity contribution >= 4 is 23.6 Å². The van der Waals surface area contributed by atoms with Crippen molar-refractivity contribution in [2.75, 3.05) is 12.9 Å². The molecule has 1 atom stereocenters. The third-order valence-electron chi connectivity index (χ3n) is 2.63. The van der Waals surface area contributed by atoms with Gasteiger partial charge in [-0.3, -0.25) is 9.69 Å². The molecule has 0 fully saturated rings. The highest BCUT2D eigenvalue weighted by atomic mass is 32.2. The van der Waals surface area contributed by atoms with E-state index in [4.69, 9.17) is 4.74 Å². The van der Waals surface area contributed by atoms with Gasteiger partial charge in [-0.1, -0.05) is 30.3 Å². The molecule has 1 aliphatic heterocycles. The molecule has 94 valence electrons. The van der Waals surface area contributed by atoms with Crippen molar-refractivity contribution in [3.8, 4) is 0 Å². The molecule has 0 aliphatic carbocycles. The van der Waals surface area contributed by atoms with Crippen molar-refractivity contribution in [3.63, 3.8) is 0 Å². The molecular weight excluding hydrogens is 250 g/mol. The molecule has 0 radical (unpaired) electrons. The van der Waals surface area contributed by atoms with Gasteiger partial charge in [0.1, 0.15) is 0 Å². The van der Waals surface area contributed by atoms with Crippen LogP contribution in [0.1, 0.15) is 11.6 Å². The zero-order valence-corrected chi connectivity index (χ0v) is 10.7. The van der Waals surface area contributed by atoms with Crippen molar-refractivity contribution < 1.29 is 14.3 Å². The number of rotatable bonds is 3. The summed E-state index contributed by atoms with van der Waals surface area (Å²) in [5, 5.41) is 1.81. The lowest BCUT2D eigenvalue weighted by atomic mass is 10.1. The summed E-state index contributed by atoms with van der Waals surface area (Å²) in [5.41, 5.74) is 0.745. The number of amides is 1. The number of hydrogen-bond acceptors (Lipinski definition) is 4. The molecule has 0 N–H and O–H groups in total. The molecule has 5 heteroatoms. The molecular formula is C13H13NO3S. The van der Waals surface area contributed by atoms with Gasteiger partial charge in [0.15, 0.2) is 6.04 Å². The van der Waals surface area contributed by atoms with Crippen molar-refractivity contribution in [1.82, 2.24) is 4.90 Å². The first-order valence-corrected chi connectivity index (χ1v) is 6.51. The van der Waals surface area contributed by atoms with Crippen molar-refractivity contribution in [2.45, 2.75) is 6.04 Å². The summed E-state index contributed by atoms with van der Waals surface area (Å²) in [7, 11) is 1.32. The number of nitrogens with zero attached hydrogens (tertiary/aromatic N) is 1. The van der Waals surface area contributed by atoms with Crippen LogP contribution in [0.4, 0.5) is 0 Å². The first kappa shape index (κ1) is 12.7. The molecule has 0 aromatic heterocycles. The highest BCUT2D eigenvalue weighted by Crippen LogP contribution is 2.26. The lowest BCUT2D eigenvalue weighted by Crippen LogP contribution is -2.37. The van der Waals surface area contributed by atoms with Crippen LogP contribution in [-0.2, 0) is 14.3 Å². The summed E-state index contributed by atoms with van der Waals surface area (Å²) in [6.45, 7) is 0. The highest BCUT2D eigenvalue weighted by Gasteiger charge is 2.31. The second-order valence-corrected chi connectivity index (χ2v) is 4.63. The zero-order chi connectivity index (χ0) is 13.0. The van der Waals surface area contributed by atoms with Crippen LogP contribution >= 0.6 is 11.8 Å². The third-order valence-corrected chi connectivity index (χ3v) is 3.36. The first-order valence-electron chi connectivity index (χ1n) is 5.46. The average molecular weight is 263 g/mol. The SMILES string of the molecule is COC(=O)C(c1ccccc1)N1C=CSCC1=O. The van der Waals surface area contributed by atoms with Gasteiger partial charge in [0.25, 0.3) is 0 Å². The van der Waals surface area contributed by atoms with Crippen LogP contribution in [-0.4, -0.2) is 29.6 Å². The van der Waals surface area contributed by atoms with E-state index in [1.165, 1.54) is 23.8 Å². The summed E-state index contributed by atoms with van der Waals surface area (Å²) in [6.07, 6.45) is 1.63. The fourth-order valence-corrected chi connectivity index (χ4v) is 2.38. The lowest BCUT2D eigenvalue weighted by molar-refractivity contribution is -0.150. The minimum absolute atomic E-state index is 0.0956. The van der Waals surface area contributed by atoms with Crippen molar-refractivity contribution in [1.29, 1.82) is 0 Å². The van der Waals surface area contributed by atoms with Gasteiger partial charge >= 0.3 is 5.97 Å². The molecule has 0 saturated heterocycles. The van der Waals surface area contributed by atoms with E-state index >= 15 is 0 Å². The Kier molecular flexibility index (Phi) is 4.04. The number of benzene rings is 1. The third kappa shape index (κ3) is 2.56. The van der Waals surface area contributed by atoms with E-state index in [1.54, 1.807) is 11.6 Å². The van der Waals surface area contributed by atoms with Gasteiger partial charge in [-0.2, -0.15) is 0 Å². The molecule has 1 aliphatic rings. The minimum Gasteiger partial charge on any atom is -0.467 e. The quantitative estimate of drug-likeness (QED) is 0.782. The molecule has 18 heavy (non-hydrogen) atoms. The predicted octanol–water partition coefficient (Wildman–Crippen LogP) is 1.95. The molecule has 2 rings (SSSR count). The molecule has 1 aromatic rings. The second-order valence-electron chi connectivity index (χ2n) is 3.73. The van der Waals surface area contributed by atoms with Crippen LogP contribution in [0, 0.1) is 0 Å². The maximum Gasteiger partial charge on any atom is 0.333 e. The van der Waals surface area contributed by atoms with Crippen LogP contribution in [0.2, 0.25) is 0 Å². The number of thioether (sulfide) groups is 1. The van der Waals surface area contributed by atoms with Gasteiger partial charge in [0.2, 0.25) is 5.91 Å². The second kappa shape index (κ2) is 5.73.